The lowest BCUT2D eigenvalue weighted by Gasteiger charge is -2.48. The smallest absolute Gasteiger partial charge is 0.251 e. The molecule has 8 heteroatoms. The van der Waals surface area contributed by atoms with Crippen LogP contribution in [0.4, 0.5) is 0 Å². The molecule has 8 nitrogen and oxygen atoms in total. The number of amides is 2. The normalized spacial score (nSPS) is 14.1. The van der Waals surface area contributed by atoms with E-state index in [0.29, 0.717) is 5.56 Å². The Morgan fingerprint density at radius 2 is 1.32 bits per heavy atom. The van der Waals surface area contributed by atoms with Crippen LogP contribution in [0.15, 0.2) is 103 Å². The Bertz CT molecular complexity index is 1390. The Morgan fingerprint density at radius 1 is 0.800 bits per heavy atom. The second-order valence-corrected chi connectivity index (χ2v) is 10.1. The molecule has 4 N–H and O–H groups in total. The minimum Gasteiger partial charge on any atom is -0.494 e. The molecule has 1 heterocycles. The van der Waals surface area contributed by atoms with Crippen molar-refractivity contribution in [2.24, 2.45) is 5.41 Å². The van der Waals surface area contributed by atoms with Gasteiger partial charge in [0.2, 0.25) is 5.91 Å². The zero-order valence-electron chi connectivity index (χ0n) is 22.7. The zero-order chi connectivity index (χ0) is 28.6. The van der Waals surface area contributed by atoms with Crippen LogP contribution in [0.25, 0.3) is 0 Å². The van der Waals surface area contributed by atoms with Crippen molar-refractivity contribution in [2.75, 3.05) is 20.2 Å². The van der Waals surface area contributed by atoms with Gasteiger partial charge in [-0.3, -0.25) is 14.2 Å². The van der Waals surface area contributed by atoms with Gasteiger partial charge in [0.25, 0.3) is 5.91 Å². The maximum absolute atomic E-state index is 14.1. The van der Waals surface area contributed by atoms with Crippen molar-refractivity contribution >= 4 is 11.8 Å². The summed E-state index contributed by atoms with van der Waals surface area (Å²) >= 11 is 0. The summed E-state index contributed by atoms with van der Waals surface area (Å²) < 4.78 is 7.47. The van der Waals surface area contributed by atoms with Gasteiger partial charge in [0.1, 0.15) is 5.54 Å². The molecule has 2 amide bonds. The monoisotopic (exact) mass is 541 g/mol. The molecule has 208 valence electrons. The van der Waals surface area contributed by atoms with Crippen LogP contribution in [-0.4, -0.2) is 46.8 Å². The van der Waals surface area contributed by atoms with Gasteiger partial charge in [0, 0.05) is 43.1 Å². The molecule has 3 aromatic carbocycles. The third kappa shape index (κ3) is 5.87. The number of aromatic nitrogens is 1. The second kappa shape index (κ2) is 12.5. The molecule has 2 atom stereocenters. The summed E-state index contributed by atoms with van der Waals surface area (Å²) in [7, 11) is 1.51. The first kappa shape index (κ1) is 28.4. The van der Waals surface area contributed by atoms with Crippen LogP contribution < -0.4 is 10.6 Å². The lowest BCUT2D eigenvalue weighted by atomic mass is 9.66. The lowest BCUT2D eigenvalue weighted by Crippen LogP contribution is -2.64. The number of benzene rings is 3. The standard InChI is InChI=1S/C32H35N3O5/c1-31(23-40-21-25-14-8-4-9-15-25,22-34-29(38)26-16-10-5-11-17-26)32(30(39)33-2,20-24-12-6-3-7-13-24)35-27(36)18-19-28(35)37/h3-19,36-37H,20-23H2,1-2H3,(H,33,39)(H,34,38)/t31-,32-/m0/s1. The van der Waals surface area contributed by atoms with Gasteiger partial charge >= 0.3 is 0 Å². The molecule has 0 unspecified atom stereocenters. The van der Waals surface area contributed by atoms with Crippen LogP contribution in [0.1, 0.15) is 28.4 Å². The van der Waals surface area contributed by atoms with Gasteiger partial charge in [-0.25, -0.2) is 0 Å². The summed E-state index contributed by atoms with van der Waals surface area (Å²) in [6, 6.07) is 30.4. The van der Waals surface area contributed by atoms with E-state index in [9.17, 15) is 19.8 Å². The minimum absolute atomic E-state index is 0.00711. The molecule has 0 spiro atoms. The molecule has 0 saturated heterocycles. The Morgan fingerprint density at radius 3 is 1.88 bits per heavy atom. The molecule has 1 aromatic heterocycles. The fraction of sp³-hybridized carbons (Fsp3) is 0.250. The Labute approximate surface area is 234 Å². The molecule has 0 bridgehead atoms. The fourth-order valence-corrected chi connectivity index (χ4v) is 5.17. The van der Waals surface area contributed by atoms with Gasteiger partial charge in [-0.1, -0.05) is 85.8 Å². The van der Waals surface area contributed by atoms with E-state index in [1.54, 1.807) is 24.3 Å². The Balaban J connectivity index is 1.83. The molecular weight excluding hydrogens is 506 g/mol. The maximum atomic E-state index is 14.1. The molecule has 0 radical (unpaired) electrons. The largest absolute Gasteiger partial charge is 0.494 e. The summed E-state index contributed by atoms with van der Waals surface area (Å²) in [6.45, 7) is 2.09. The minimum atomic E-state index is -1.62. The fourth-order valence-electron chi connectivity index (χ4n) is 5.17. The molecule has 0 saturated carbocycles. The van der Waals surface area contributed by atoms with Gasteiger partial charge < -0.3 is 25.6 Å². The van der Waals surface area contributed by atoms with E-state index in [-0.39, 0.29) is 43.8 Å². The SMILES string of the molecule is CNC(=O)[C@](Cc1ccccc1)(n1c(O)ccc1O)[C@@](C)(CNC(=O)c1ccccc1)COCc1ccccc1. The highest BCUT2D eigenvalue weighted by Gasteiger charge is 2.57. The van der Waals surface area contributed by atoms with Crippen molar-refractivity contribution < 1.29 is 24.5 Å². The van der Waals surface area contributed by atoms with Gasteiger partial charge in [-0.2, -0.15) is 0 Å². The number of ether oxygens (including phenoxy) is 1. The summed E-state index contributed by atoms with van der Waals surface area (Å²) in [5.74, 6) is -1.36. The maximum Gasteiger partial charge on any atom is 0.251 e. The number of nitrogens with zero attached hydrogens (tertiary/aromatic N) is 1. The first-order valence-electron chi connectivity index (χ1n) is 13.1. The van der Waals surface area contributed by atoms with Crippen LogP contribution in [0, 0.1) is 5.41 Å². The van der Waals surface area contributed by atoms with Crippen molar-refractivity contribution in [1.82, 2.24) is 15.2 Å². The van der Waals surface area contributed by atoms with Crippen molar-refractivity contribution in [3.05, 3.63) is 120 Å². The lowest BCUT2D eigenvalue weighted by molar-refractivity contribution is -0.142. The zero-order valence-corrected chi connectivity index (χ0v) is 22.7. The van der Waals surface area contributed by atoms with Crippen molar-refractivity contribution in [1.29, 1.82) is 0 Å². The van der Waals surface area contributed by atoms with Gasteiger partial charge in [-0.15, -0.1) is 0 Å². The van der Waals surface area contributed by atoms with Crippen LogP contribution >= 0.6 is 0 Å². The molecule has 0 aliphatic rings. The molecule has 40 heavy (non-hydrogen) atoms. The van der Waals surface area contributed by atoms with E-state index in [1.165, 1.54) is 23.7 Å². The van der Waals surface area contributed by atoms with E-state index in [2.05, 4.69) is 10.6 Å². The van der Waals surface area contributed by atoms with Gasteiger partial charge in [0.15, 0.2) is 11.8 Å². The number of hydrogen-bond acceptors (Lipinski definition) is 5. The number of likely N-dealkylation sites (N-methyl/N-ethyl adjacent to an activating group) is 1. The van der Waals surface area contributed by atoms with Crippen molar-refractivity contribution in [3.63, 3.8) is 0 Å². The van der Waals surface area contributed by atoms with Crippen LogP contribution in [0.2, 0.25) is 0 Å². The van der Waals surface area contributed by atoms with Crippen molar-refractivity contribution in [3.8, 4) is 11.8 Å². The second-order valence-electron chi connectivity index (χ2n) is 10.1. The first-order chi connectivity index (χ1) is 19.3. The predicted molar refractivity (Wildman–Crippen MR) is 153 cm³/mol. The van der Waals surface area contributed by atoms with Crippen LogP contribution in [-0.2, 0) is 28.1 Å². The highest BCUT2D eigenvalue weighted by Crippen LogP contribution is 2.46. The van der Waals surface area contributed by atoms with Gasteiger partial charge in [0.05, 0.1) is 13.2 Å². The van der Waals surface area contributed by atoms with Gasteiger partial charge in [-0.05, 0) is 23.3 Å². The van der Waals surface area contributed by atoms with Crippen molar-refractivity contribution in [2.45, 2.75) is 25.5 Å². The number of carbonyl (C=O) groups excluding carboxylic acids is 2. The third-order valence-corrected chi connectivity index (χ3v) is 7.33. The summed E-state index contributed by atoms with van der Waals surface area (Å²) in [6.07, 6.45) is 0.0930. The quantitative estimate of drug-likeness (QED) is 0.214. The molecule has 0 aliphatic carbocycles. The highest BCUT2D eigenvalue weighted by molar-refractivity contribution is 5.94. The van der Waals surface area contributed by atoms with E-state index in [4.69, 9.17) is 4.74 Å². The Kier molecular flexibility index (Phi) is 8.91. The summed E-state index contributed by atoms with van der Waals surface area (Å²) in [4.78, 5) is 27.3. The number of carbonyl (C=O) groups is 2. The molecule has 4 aromatic rings. The Hall–Kier alpha value is -4.56. The van der Waals surface area contributed by atoms with Crippen LogP contribution in [0.5, 0.6) is 11.8 Å². The average Bonchev–Trinajstić information content (AvgIpc) is 3.33. The van der Waals surface area contributed by atoms with E-state index in [1.807, 2.05) is 73.7 Å². The molecule has 0 aliphatic heterocycles. The number of nitrogens with one attached hydrogen (secondary N) is 2. The highest BCUT2D eigenvalue weighted by atomic mass is 16.5. The van der Waals surface area contributed by atoms with E-state index in [0.717, 1.165) is 11.1 Å². The number of aromatic hydroxyl groups is 2. The third-order valence-electron chi connectivity index (χ3n) is 7.33. The number of rotatable bonds is 12. The van der Waals surface area contributed by atoms with E-state index < -0.39 is 16.9 Å². The molecule has 0 fully saturated rings. The molecular formula is C32H35N3O5. The molecule has 4 rings (SSSR count). The van der Waals surface area contributed by atoms with E-state index >= 15 is 0 Å². The predicted octanol–water partition coefficient (Wildman–Crippen LogP) is 4.24. The first-order valence-corrected chi connectivity index (χ1v) is 13.1. The topological polar surface area (TPSA) is 113 Å². The number of hydrogen-bond donors (Lipinski definition) is 4. The summed E-state index contributed by atoms with van der Waals surface area (Å²) in [5, 5.41) is 27.7. The van der Waals surface area contributed by atoms with Crippen LogP contribution in [0.3, 0.4) is 0 Å². The summed E-state index contributed by atoms with van der Waals surface area (Å²) in [5.41, 5.74) is -0.603. The average molecular weight is 542 g/mol.